The molecule has 2 rings (SSSR count). The molecule has 1 aliphatic rings. The normalized spacial score (nSPS) is 21.8. The van der Waals surface area contributed by atoms with Gasteiger partial charge in [0.2, 0.25) is 5.91 Å². The Bertz CT molecular complexity index is 475. The standard InChI is InChI=1S/C14H18N2O3/c1-11(17)16-9-7-14(16,13(18)19)6-2-4-12-5-3-8-15-10-12/h3,5,8,10H,2,4,6-7,9H2,1H3,(H,18,19)/t14-/m0/s1. The van der Waals surface area contributed by atoms with Crippen LogP contribution < -0.4 is 0 Å². The molecule has 5 nitrogen and oxygen atoms in total. The van der Waals surface area contributed by atoms with Gasteiger partial charge in [0, 0.05) is 25.9 Å². The van der Waals surface area contributed by atoms with E-state index in [-0.39, 0.29) is 5.91 Å². The molecule has 2 heterocycles. The third-order valence-electron chi connectivity index (χ3n) is 3.82. The number of carboxylic acids is 1. The molecule has 0 spiro atoms. The molecular weight excluding hydrogens is 244 g/mol. The monoisotopic (exact) mass is 262 g/mol. The fourth-order valence-corrected chi connectivity index (χ4v) is 2.67. The number of carbonyl (C=O) groups is 2. The Kier molecular flexibility index (Phi) is 3.83. The predicted molar refractivity (Wildman–Crippen MR) is 69.5 cm³/mol. The summed E-state index contributed by atoms with van der Waals surface area (Å²) in [7, 11) is 0. The lowest BCUT2D eigenvalue weighted by atomic mass is 9.79. The van der Waals surface area contributed by atoms with Crippen LogP contribution in [0.2, 0.25) is 0 Å². The van der Waals surface area contributed by atoms with E-state index in [0.29, 0.717) is 19.4 Å². The number of amides is 1. The second kappa shape index (κ2) is 5.38. The Hall–Kier alpha value is -1.91. The fourth-order valence-electron chi connectivity index (χ4n) is 2.67. The van der Waals surface area contributed by atoms with Crippen LogP contribution in [0, 0.1) is 0 Å². The van der Waals surface area contributed by atoms with E-state index in [1.807, 2.05) is 12.1 Å². The summed E-state index contributed by atoms with van der Waals surface area (Å²) >= 11 is 0. The Labute approximate surface area is 112 Å². The Morgan fingerprint density at radius 3 is 2.79 bits per heavy atom. The largest absolute Gasteiger partial charge is 0.479 e. The topological polar surface area (TPSA) is 70.5 Å². The zero-order chi connectivity index (χ0) is 13.9. The van der Waals surface area contributed by atoms with Crippen molar-refractivity contribution in [3.8, 4) is 0 Å². The maximum Gasteiger partial charge on any atom is 0.329 e. The summed E-state index contributed by atoms with van der Waals surface area (Å²) in [6.45, 7) is 1.98. The van der Waals surface area contributed by atoms with Crippen molar-refractivity contribution in [2.24, 2.45) is 0 Å². The van der Waals surface area contributed by atoms with Gasteiger partial charge in [-0.2, -0.15) is 0 Å². The molecule has 102 valence electrons. The first-order valence-electron chi connectivity index (χ1n) is 6.47. The van der Waals surface area contributed by atoms with Crippen LogP contribution in [0.1, 0.15) is 31.7 Å². The molecule has 0 aliphatic carbocycles. The molecule has 0 aromatic carbocycles. The van der Waals surface area contributed by atoms with Gasteiger partial charge in [-0.3, -0.25) is 9.78 Å². The maximum absolute atomic E-state index is 11.5. The minimum absolute atomic E-state index is 0.157. The van der Waals surface area contributed by atoms with Gasteiger partial charge in [-0.25, -0.2) is 4.79 Å². The summed E-state index contributed by atoms with van der Waals surface area (Å²) in [5.41, 5.74) is 0.116. The highest BCUT2D eigenvalue weighted by Crippen LogP contribution is 2.35. The summed E-state index contributed by atoms with van der Waals surface area (Å²) in [5.74, 6) is -1.05. The average Bonchev–Trinajstić information content (AvgIpc) is 2.33. The first-order chi connectivity index (χ1) is 9.06. The zero-order valence-electron chi connectivity index (χ0n) is 11.0. The molecule has 1 N–H and O–H groups in total. The number of hydrogen-bond acceptors (Lipinski definition) is 3. The van der Waals surface area contributed by atoms with Crippen LogP contribution in [-0.4, -0.2) is 39.0 Å². The van der Waals surface area contributed by atoms with Gasteiger partial charge in [-0.15, -0.1) is 0 Å². The number of aryl methyl sites for hydroxylation is 1. The van der Waals surface area contributed by atoms with E-state index in [0.717, 1.165) is 18.4 Å². The first kappa shape index (κ1) is 13.5. The highest BCUT2D eigenvalue weighted by Gasteiger charge is 2.51. The van der Waals surface area contributed by atoms with Crippen molar-refractivity contribution in [3.05, 3.63) is 30.1 Å². The van der Waals surface area contributed by atoms with E-state index in [9.17, 15) is 14.7 Å². The van der Waals surface area contributed by atoms with Crippen LogP contribution in [0.25, 0.3) is 0 Å². The first-order valence-corrected chi connectivity index (χ1v) is 6.47. The molecule has 5 heteroatoms. The molecule has 0 radical (unpaired) electrons. The second-order valence-corrected chi connectivity index (χ2v) is 4.97. The van der Waals surface area contributed by atoms with E-state index < -0.39 is 11.5 Å². The van der Waals surface area contributed by atoms with E-state index >= 15 is 0 Å². The molecule has 0 bridgehead atoms. The Morgan fingerprint density at radius 1 is 1.53 bits per heavy atom. The third kappa shape index (κ3) is 2.59. The van der Waals surface area contributed by atoms with E-state index in [2.05, 4.69) is 4.98 Å². The predicted octanol–water partition coefficient (Wildman–Crippen LogP) is 1.48. The number of carboxylic acid groups (broad SMARTS) is 1. The maximum atomic E-state index is 11.5. The molecule has 1 amide bonds. The van der Waals surface area contributed by atoms with Crippen LogP contribution in [0.15, 0.2) is 24.5 Å². The molecule has 0 saturated carbocycles. The molecule has 1 aromatic heterocycles. The van der Waals surface area contributed by atoms with E-state index in [1.54, 1.807) is 12.4 Å². The summed E-state index contributed by atoms with van der Waals surface area (Å²) in [4.78, 5) is 28.4. The second-order valence-electron chi connectivity index (χ2n) is 4.97. The van der Waals surface area contributed by atoms with Crippen molar-refractivity contribution in [1.29, 1.82) is 0 Å². The van der Waals surface area contributed by atoms with E-state index in [1.165, 1.54) is 11.8 Å². The number of nitrogens with zero attached hydrogens (tertiary/aromatic N) is 2. The molecule has 1 saturated heterocycles. The van der Waals surface area contributed by atoms with E-state index in [4.69, 9.17) is 0 Å². The summed E-state index contributed by atoms with van der Waals surface area (Å²) in [5, 5.41) is 9.39. The number of carbonyl (C=O) groups excluding carboxylic acids is 1. The van der Waals surface area contributed by atoms with Crippen molar-refractivity contribution in [2.45, 2.75) is 38.1 Å². The number of pyridine rings is 1. The minimum Gasteiger partial charge on any atom is -0.479 e. The number of likely N-dealkylation sites (tertiary alicyclic amines) is 1. The Balaban J connectivity index is 1.96. The number of hydrogen-bond donors (Lipinski definition) is 1. The SMILES string of the molecule is CC(=O)N1CC[C@@]1(CCCc1cccnc1)C(=O)O. The van der Waals surface area contributed by atoms with Gasteiger partial charge in [0.05, 0.1) is 0 Å². The molecule has 0 unspecified atom stereocenters. The van der Waals surface area contributed by atoms with Crippen LogP contribution in [0.3, 0.4) is 0 Å². The number of aromatic nitrogens is 1. The molecule has 1 atom stereocenters. The molecule has 1 fully saturated rings. The third-order valence-corrected chi connectivity index (χ3v) is 3.82. The molecular formula is C14H18N2O3. The van der Waals surface area contributed by atoms with Gasteiger partial charge in [0.25, 0.3) is 0 Å². The highest BCUT2D eigenvalue weighted by atomic mass is 16.4. The highest BCUT2D eigenvalue weighted by molar-refractivity contribution is 5.88. The van der Waals surface area contributed by atoms with Gasteiger partial charge in [0.1, 0.15) is 5.54 Å². The zero-order valence-corrected chi connectivity index (χ0v) is 11.0. The summed E-state index contributed by atoms with van der Waals surface area (Å²) < 4.78 is 0. The number of aliphatic carboxylic acids is 1. The smallest absolute Gasteiger partial charge is 0.329 e. The van der Waals surface area contributed by atoms with Crippen molar-refractivity contribution >= 4 is 11.9 Å². The lowest BCUT2D eigenvalue weighted by molar-refractivity contribution is -0.170. The van der Waals surface area contributed by atoms with Crippen LogP contribution >= 0.6 is 0 Å². The minimum atomic E-state index is -0.978. The van der Waals surface area contributed by atoms with Gasteiger partial charge in [-0.05, 0) is 37.3 Å². The summed E-state index contributed by atoms with van der Waals surface area (Å²) in [6, 6.07) is 3.84. The van der Waals surface area contributed by atoms with Crippen molar-refractivity contribution < 1.29 is 14.7 Å². The Morgan fingerprint density at radius 2 is 2.32 bits per heavy atom. The quantitative estimate of drug-likeness (QED) is 0.872. The fraction of sp³-hybridized carbons (Fsp3) is 0.500. The molecule has 1 aliphatic heterocycles. The van der Waals surface area contributed by atoms with Gasteiger partial charge >= 0.3 is 5.97 Å². The molecule has 19 heavy (non-hydrogen) atoms. The van der Waals surface area contributed by atoms with Crippen molar-refractivity contribution in [1.82, 2.24) is 9.88 Å². The van der Waals surface area contributed by atoms with Crippen molar-refractivity contribution in [2.75, 3.05) is 6.54 Å². The lowest BCUT2D eigenvalue weighted by Gasteiger charge is -2.49. The summed E-state index contributed by atoms with van der Waals surface area (Å²) in [6.07, 6.45) is 6.07. The lowest BCUT2D eigenvalue weighted by Crippen LogP contribution is -2.66. The van der Waals surface area contributed by atoms with Crippen LogP contribution in [0.5, 0.6) is 0 Å². The van der Waals surface area contributed by atoms with Crippen LogP contribution in [0.4, 0.5) is 0 Å². The number of rotatable bonds is 5. The van der Waals surface area contributed by atoms with Crippen LogP contribution in [-0.2, 0) is 16.0 Å². The van der Waals surface area contributed by atoms with Crippen molar-refractivity contribution in [3.63, 3.8) is 0 Å². The van der Waals surface area contributed by atoms with Gasteiger partial charge in [0.15, 0.2) is 0 Å². The molecule has 1 aromatic rings. The van der Waals surface area contributed by atoms with Gasteiger partial charge < -0.3 is 10.0 Å². The van der Waals surface area contributed by atoms with Gasteiger partial charge in [-0.1, -0.05) is 6.07 Å². The average molecular weight is 262 g/mol.